The molecule has 1 atom stereocenters. The van der Waals surface area contributed by atoms with Crippen LogP contribution in [-0.4, -0.2) is 53.1 Å². The summed E-state index contributed by atoms with van der Waals surface area (Å²) < 4.78 is 13.3. The summed E-state index contributed by atoms with van der Waals surface area (Å²) in [7, 11) is 0. The zero-order chi connectivity index (χ0) is 17.2. The van der Waals surface area contributed by atoms with Gasteiger partial charge in [-0.3, -0.25) is 9.69 Å². The number of amides is 1. The molecule has 2 aromatic heterocycles. The van der Waals surface area contributed by atoms with Crippen molar-refractivity contribution in [2.75, 3.05) is 32.8 Å². The summed E-state index contributed by atoms with van der Waals surface area (Å²) >= 11 is 0. The first kappa shape index (κ1) is 16.4. The molecule has 0 unspecified atom stereocenters. The Morgan fingerprint density at radius 3 is 2.88 bits per heavy atom. The number of carbonyl (C=O) groups excluding carboxylic acids is 1. The molecule has 2 aliphatic heterocycles. The Labute approximate surface area is 147 Å². The van der Waals surface area contributed by atoms with Crippen LogP contribution in [0.2, 0.25) is 0 Å². The van der Waals surface area contributed by atoms with Crippen molar-refractivity contribution in [2.45, 2.75) is 32.5 Å². The number of ether oxygens (including phenoxy) is 1. The Morgan fingerprint density at radius 2 is 2.08 bits per heavy atom. The molecule has 0 spiro atoms. The summed E-state index contributed by atoms with van der Waals surface area (Å²) in [6.45, 7) is 7.79. The van der Waals surface area contributed by atoms with Gasteiger partial charge < -0.3 is 18.6 Å². The van der Waals surface area contributed by atoms with Crippen molar-refractivity contribution < 1.29 is 13.9 Å². The third kappa shape index (κ3) is 3.24. The van der Waals surface area contributed by atoms with Crippen molar-refractivity contribution in [1.29, 1.82) is 0 Å². The van der Waals surface area contributed by atoms with Gasteiger partial charge in [-0.2, -0.15) is 0 Å². The van der Waals surface area contributed by atoms with E-state index in [9.17, 15) is 4.79 Å². The van der Waals surface area contributed by atoms with Gasteiger partial charge in [0.1, 0.15) is 12.0 Å². The largest absolute Gasteiger partial charge is 0.467 e. The zero-order valence-corrected chi connectivity index (χ0v) is 14.7. The summed E-state index contributed by atoms with van der Waals surface area (Å²) in [6.07, 6.45) is 4.62. The predicted molar refractivity (Wildman–Crippen MR) is 93.3 cm³/mol. The number of carbonyl (C=O) groups is 1. The van der Waals surface area contributed by atoms with Crippen LogP contribution in [0.25, 0.3) is 0 Å². The van der Waals surface area contributed by atoms with E-state index in [0.29, 0.717) is 5.56 Å². The monoisotopic (exact) mass is 343 g/mol. The molecule has 6 nitrogen and oxygen atoms in total. The Balaban J connectivity index is 1.47. The van der Waals surface area contributed by atoms with E-state index in [1.165, 1.54) is 5.69 Å². The van der Waals surface area contributed by atoms with Gasteiger partial charge in [0.25, 0.3) is 5.91 Å². The molecule has 1 fully saturated rings. The van der Waals surface area contributed by atoms with Crippen LogP contribution >= 0.6 is 0 Å². The number of fused-ring (bicyclic) bond motifs is 1. The number of hydrogen-bond acceptors (Lipinski definition) is 4. The van der Waals surface area contributed by atoms with Crippen molar-refractivity contribution in [3.8, 4) is 0 Å². The molecule has 6 heteroatoms. The SMILES string of the molecule is CC[C@@H]1c2cccn2CCN1C(=O)c1coc(CN2CCOCC2)c1. The predicted octanol–water partition coefficient (Wildman–Crippen LogP) is 2.52. The second-order valence-electron chi connectivity index (χ2n) is 6.74. The van der Waals surface area contributed by atoms with Gasteiger partial charge in [-0.25, -0.2) is 0 Å². The van der Waals surface area contributed by atoms with Crippen molar-refractivity contribution >= 4 is 5.91 Å². The summed E-state index contributed by atoms with van der Waals surface area (Å²) in [5, 5.41) is 0. The molecule has 2 aromatic rings. The highest BCUT2D eigenvalue weighted by Crippen LogP contribution is 2.30. The minimum Gasteiger partial charge on any atom is -0.467 e. The molecular formula is C19H25N3O3. The van der Waals surface area contributed by atoms with E-state index in [4.69, 9.17) is 9.15 Å². The maximum atomic E-state index is 13.0. The van der Waals surface area contributed by atoms with Crippen molar-refractivity contribution in [1.82, 2.24) is 14.4 Å². The van der Waals surface area contributed by atoms with E-state index in [2.05, 4.69) is 34.7 Å². The van der Waals surface area contributed by atoms with Crippen molar-refractivity contribution in [2.24, 2.45) is 0 Å². The van der Waals surface area contributed by atoms with Gasteiger partial charge in [-0.05, 0) is 24.6 Å². The molecule has 0 N–H and O–H groups in total. The number of morpholine rings is 1. The van der Waals surface area contributed by atoms with Crippen molar-refractivity contribution in [3.63, 3.8) is 0 Å². The molecule has 0 aromatic carbocycles. The lowest BCUT2D eigenvalue weighted by atomic mass is 10.1. The fourth-order valence-electron chi connectivity index (χ4n) is 3.86. The molecule has 0 saturated carbocycles. The van der Waals surface area contributed by atoms with Crippen LogP contribution in [0.5, 0.6) is 0 Å². The fourth-order valence-corrected chi connectivity index (χ4v) is 3.86. The first-order valence-corrected chi connectivity index (χ1v) is 9.10. The summed E-state index contributed by atoms with van der Waals surface area (Å²) in [6, 6.07) is 6.21. The van der Waals surface area contributed by atoms with Gasteiger partial charge in [0.15, 0.2) is 0 Å². The van der Waals surface area contributed by atoms with Crippen LogP contribution in [0.1, 0.15) is 41.2 Å². The Hall–Kier alpha value is -2.05. The smallest absolute Gasteiger partial charge is 0.257 e. The Kier molecular flexibility index (Phi) is 4.63. The van der Waals surface area contributed by atoms with E-state index >= 15 is 0 Å². The number of furan rings is 1. The van der Waals surface area contributed by atoms with E-state index in [1.54, 1.807) is 6.26 Å². The lowest BCUT2D eigenvalue weighted by molar-refractivity contribution is 0.0313. The van der Waals surface area contributed by atoms with E-state index in [0.717, 1.165) is 58.1 Å². The Morgan fingerprint density at radius 1 is 1.24 bits per heavy atom. The van der Waals surface area contributed by atoms with Gasteiger partial charge in [0.2, 0.25) is 0 Å². The number of rotatable bonds is 4. The van der Waals surface area contributed by atoms with E-state index in [1.807, 2.05) is 11.0 Å². The molecular weight excluding hydrogens is 318 g/mol. The average molecular weight is 343 g/mol. The van der Waals surface area contributed by atoms with E-state index in [-0.39, 0.29) is 11.9 Å². The first-order valence-electron chi connectivity index (χ1n) is 9.10. The molecule has 0 aliphatic carbocycles. The summed E-state index contributed by atoms with van der Waals surface area (Å²) in [5.41, 5.74) is 1.88. The highest BCUT2D eigenvalue weighted by molar-refractivity contribution is 5.94. The van der Waals surface area contributed by atoms with Crippen LogP contribution in [0.3, 0.4) is 0 Å². The van der Waals surface area contributed by atoms with Gasteiger partial charge in [-0.1, -0.05) is 6.92 Å². The van der Waals surface area contributed by atoms with E-state index < -0.39 is 0 Å². The number of hydrogen-bond donors (Lipinski definition) is 0. The summed E-state index contributed by atoms with van der Waals surface area (Å²) in [5.74, 6) is 0.912. The minimum atomic E-state index is 0.0660. The van der Waals surface area contributed by atoms with Gasteiger partial charge in [0, 0.05) is 38.1 Å². The molecule has 25 heavy (non-hydrogen) atoms. The van der Waals surface area contributed by atoms with Crippen LogP contribution in [0.15, 0.2) is 35.1 Å². The van der Waals surface area contributed by atoms with Crippen LogP contribution in [-0.2, 0) is 17.8 Å². The molecule has 4 heterocycles. The molecule has 134 valence electrons. The second kappa shape index (κ2) is 7.06. The normalized spacial score (nSPS) is 21.3. The van der Waals surface area contributed by atoms with Crippen LogP contribution in [0, 0.1) is 0 Å². The quantitative estimate of drug-likeness (QED) is 0.856. The zero-order valence-electron chi connectivity index (χ0n) is 14.7. The third-order valence-electron chi connectivity index (χ3n) is 5.20. The molecule has 4 rings (SSSR count). The van der Waals surface area contributed by atoms with Gasteiger partial charge >= 0.3 is 0 Å². The standard InChI is InChI=1S/C19H25N3O3/c1-2-17-18-4-3-5-21(18)6-7-22(17)19(23)15-12-16(25-14-15)13-20-8-10-24-11-9-20/h3-5,12,14,17H,2,6-11,13H2,1H3/t17-/m1/s1. The maximum absolute atomic E-state index is 13.0. The number of nitrogens with zero attached hydrogens (tertiary/aromatic N) is 3. The lowest BCUT2D eigenvalue weighted by Crippen LogP contribution is -2.41. The topological polar surface area (TPSA) is 50.9 Å². The second-order valence-corrected chi connectivity index (χ2v) is 6.74. The molecule has 1 amide bonds. The molecule has 1 saturated heterocycles. The fraction of sp³-hybridized carbons (Fsp3) is 0.526. The molecule has 0 bridgehead atoms. The molecule has 0 radical (unpaired) electrons. The highest BCUT2D eigenvalue weighted by Gasteiger charge is 2.31. The van der Waals surface area contributed by atoms with Crippen LogP contribution < -0.4 is 0 Å². The minimum absolute atomic E-state index is 0.0660. The average Bonchev–Trinajstić information content (AvgIpc) is 3.30. The van der Waals surface area contributed by atoms with Crippen molar-refractivity contribution in [3.05, 3.63) is 47.7 Å². The maximum Gasteiger partial charge on any atom is 0.257 e. The third-order valence-corrected chi connectivity index (χ3v) is 5.20. The number of aromatic nitrogens is 1. The lowest BCUT2D eigenvalue weighted by Gasteiger charge is -2.36. The first-order chi connectivity index (χ1) is 12.3. The highest BCUT2D eigenvalue weighted by atomic mass is 16.5. The summed E-state index contributed by atoms with van der Waals surface area (Å²) in [4.78, 5) is 17.3. The van der Waals surface area contributed by atoms with Gasteiger partial charge in [0.05, 0.1) is 31.4 Å². The van der Waals surface area contributed by atoms with Gasteiger partial charge in [-0.15, -0.1) is 0 Å². The molecule has 2 aliphatic rings. The Bertz CT molecular complexity index is 730. The van der Waals surface area contributed by atoms with Crippen LogP contribution in [0.4, 0.5) is 0 Å².